The van der Waals surface area contributed by atoms with Crippen LogP contribution in [0.5, 0.6) is 5.75 Å². The first-order valence-electron chi connectivity index (χ1n) is 11.4. The Balaban J connectivity index is 1.59. The van der Waals surface area contributed by atoms with Gasteiger partial charge in [0.15, 0.2) is 0 Å². The van der Waals surface area contributed by atoms with Crippen LogP contribution in [-0.2, 0) is 12.0 Å². The van der Waals surface area contributed by atoms with Crippen molar-refractivity contribution in [2.24, 2.45) is 29.1 Å². The van der Waals surface area contributed by atoms with E-state index in [1.165, 1.54) is 12.0 Å². The summed E-state index contributed by atoms with van der Waals surface area (Å²) in [5.41, 5.74) is 1.85. The second-order valence-corrected chi connectivity index (χ2v) is 10.2. The molecule has 0 radical (unpaired) electrons. The third kappa shape index (κ3) is 3.46. The van der Waals surface area contributed by atoms with Crippen LogP contribution in [0.25, 0.3) is 0 Å². The minimum Gasteiger partial charge on any atom is -0.497 e. The molecule has 3 aliphatic carbocycles. The summed E-state index contributed by atoms with van der Waals surface area (Å²) in [6.45, 7) is 8.98. The highest BCUT2D eigenvalue weighted by atomic mass is 16.5. The van der Waals surface area contributed by atoms with Crippen molar-refractivity contribution in [2.45, 2.75) is 39.2 Å². The van der Waals surface area contributed by atoms with Crippen LogP contribution in [0.1, 0.15) is 38.3 Å². The number of hydrogen-bond acceptors (Lipinski definition) is 3. The minimum absolute atomic E-state index is 0.209. The summed E-state index contributed by atoms with van der Waals surface area (Å²) >= 11 is 0. The van der Waals surface area contributed by atoms with Crippen molar-refractivity contribution >= 4 is 0 Å². The van der Waals surface area contributed by atoms with Gasteiger partial charge < -0.3 is 14.7 Å². The lowest BCUT2D eigenvalue weighted by molar-refractivity contribution is -0.257. The molecule has 0 spiro atoms. The van der Waals surface area contributed by atoms with E-state index in [2.05, 4.69) is 69.1 Å². The number of aliphatic hydroxyl groups is 1. The molecule has 2 aromatic rings. The van der Waals surface area contributed by atoms with Crippen LogP contribution in [0.4, 0.5) is 0 Å². The summed E-state index contributed by atoms with van der Waals surface area (Å²) in [5.74, 6) is 2.35. The van der Waals surface area contributed by atoms with E-state index in [0.29, 0.717) is 11.8 Å². The van der Waals surface area contributed by atoms with E-state index in [9.17, 15) is 5.11 Å². The molecule has 2 bridgehead atoms. The smallest absolute Gasteiger partial charge is 0.119 e. The fraction of sp³-hybridized carbons (Fsp3) is 0.556. The SMILES string of the molecule is COc1cccc([C@@]2(O)[C@@H](C)[C@@H]3C[C@H]([C@@H]2CN(C)CCc2ccccc2)C3(C)C)c1. The molecule has 0 aliphatic heterocycles. The van der Waals surface area contributed by atoms with Gasteiger partial charge in [-0.25, -0.2) is 0 Å². The van der Waals surface area contributed by atoms with Crippen molar-refractivity contribution in [3.8, 4) is 5.75 Å². The Bertz CT molecular complexity index is 864. The normalized spacial score (nSPS) is 32.0. The average molecular weight is 408 g/mol. The third-order valence-electron chi connectivity index (χ3n) is 8.43. The molecule has 3 aliphatic rings. The fourth-order valence-electron chi connectivity index (χ4n) is 6.49. The van der Waals surface area contributed by atoms with Crippen molar-refractivity contribution in [3.05, 3.63) is 65.7 Å². The first-order valence-corrected chi connectivity index (χ1v) is 11.4. The Hall–Kier alpha value is -1.84. The van der Waals surface area contributed by atoms with Gasteiger partial charge in [-0.2, -0.15) is 0 Å². The lowest BCUT2D eigenvalue weighted by atomic mass is 9.38. The molecule has 3 fully saturated rings. The summed E-state index contributed by atoms with van der Waals surface area (Å²) in [4.78, 5) is 2.42. The number of methoxy groups -OCH3 is 1. The van der Waals surface area contributed by atoms with Crippen LogP contribution in [0.2, 0.25) is 0 Å². The Morgan fingerprint density at radius 3 is 2.47 bits per heavy atom. The number of ether oxygens (including phenoxy) is 1. The van der Waals surface area contributed by atoms with Gasteiger partial charge in [0.2, 0.25) is 0 Å². The molecule has 162 valence electrons. The number of benzene rings is 2. The van der Waals surface area contributed by atoms with Gasteiger partial charge in [0, 0.05) is 19.0 Å². The van der Waals surface area contributed by atoms with Gasteiger partial charge in [0.1, 0.15) is 5.75 Å². The first-order chi connectivity index (χ1) is 14.3. The van der Waals surface area contributed by atoms with Crippen molar-refractivity contribution in [1.29, 1.82) is 0 Å². The first kappa shape index (κ1) is 21.4. The zero-order chi connectivity index (χ0) is 21.5. The molecule has 0 saturated heterocycles. The summed E-state index contributed by atoms with van der Waals surface area (Å²) in [5, 5.41) is 12.3. The van der Waals surface area contributed by atoms with E-state index in [0.717, 1.165) is 30.8 Å². The minimum atomic E-state index is -0.821. The fourth-order valence-corrected chi connectivity index (χ4v) is 6.49. The third-order valence-corrected chi connectivity index (χ3v) is 8.43. The van der Waals surface area contributed by atoms with E-state index < -0.39 is 5.60 Å². The van der Waals surface area contributed by atoms with Gasteiger partial charge in [-0.3, -0.25) is 0 Å². The molecule has 0 unspecified atom stereocenters. The van der Waals surface area contributed by atoms with Crippen LogP contribution >= 0.6 is 0 Å². The molecular weight excluding hydrogens is 370 g/mol. The van der Waals surface area contributed by atoms with Crippen molar-refractivity contribution in [2.75, 3.05) is 27.2 Å². The summed E-state index contributed by atoms with van der Waals surface area (Å²) in [6, 6.07) is 18.8. The van der Waals surface area contributed by atoms with Gasteiger partial charge in [-0.15, -0.1) is 0 Å². The van der Waals surface area contributed by atoms with Crippen molar-refractivity contribution in [1.82, 2.24) is 4.90 Å². The highest BCUT2D eigenvalue weighted by Gasteiger charge is 2.66. The zero-order valence-corrected chi connectivity index (χ0v) is 19.1. The summed E-state index contributed by atoms with van der Waals surface area (Å²) in [7, 11) is 3.90. The average Bonchev–Trinajstić information content (AvgIpc) is 2.75. The van der Waals surface area contributed by atoms with Gasteiger partial charge >= 0.3 is 0 Å². The van der Waals surface area contributed by atoms with E-state index >= 15 is 0 Å². The molecule has 0 aromatic heterocycles. The van der Waals surface area contributed by atoms with Crippen molar-refractivity contribution in [3.63, 3.8) is 0 Å². The highest BCUT2D eigenvalue weighted by Crippen LogP contribution is 2.68. The van der Waals surface area contributed by atoms with E-state index in [1.807, 2.05) is 18.2 Å². The van der Waals surface area contributed by atoms with Crippen LogP contribution in [-0.4, -0.2) is 37.3 Å². The summed E-state index contributed by atoms with van der Waals surface area (Å²) < 4.78 is 5.49. The van der Waals surface area contributed by atoms with Crippen LogP contribution in [0.3, 0.4) is 0 Å². The molecule has 3 nitrogen and oxygen atoms in total. The maximum Gasteiger partial charge on any atom is 0.119 e. The molecule has 1 N–H and O–H groups in total. The molecular formula is C27H37NO2. The second-order valence-electron chi connectivity index (χ2n) is 10.2. The van der Waals surface area contributed by atoms with E-state index in [-0.39, 0.29) is 17.3 Å². The van der Waals surface area contributed by atoms with Gasteiger partial charge in [0.05, 0.1) is 12.7 Å². The van der Waals surface area contributed by atoms with Gasteiger partial charge in [0.25, 0.3) is 0 Å². The Labute approximate surface area is 182 Å². The molecule has 0 amide bonds. The molecule has 3 saturated carbocycles. The molecule has 30 heavy (non-hydrogen) atoms. The standard InChI is InChI=1S/C27H37NO2/c1-19-23-17-24(26(23,2)3)25(18-28(4)15-14-20-10-7-6-8-11-20)27(19,29)21-12-9-13-22(16-21)30-5/h6-13,16,19,23-25,29H,14-15,17-18H2,1-5H3/t19-,23-,24+,25-,27-/m0/s1. The maximum absolute atomic E-state index is 12.3. The Kier molecular flexibility index (Phi) is 5.71. The quantitative estimate of drug-likeness (QED) is 0.702. The number of hydrogen-bond donors (Lipinski definition) is 1. The molecule has 5 rings (SSSR count). The largest absolute Gasteiger partial charge is 0.497 e. The predicted octanol–water partition coefficient (Wildman–Crippen LogP) is 4.99. The van der Waals surface area contributed by atoms with Crippen molar-refractivity contribution < 1.29 is 9.84 Å². The topological polar surface area (TPSA) is 32.7 Å². The van der Waals surface area contributed by atoms with E-state index in [1.54, 1.807) is 7.11 Å². The number of nitrogens with zero attached hydrogens (tertiary/aromatic N) is 1. The Morgan fingerprint density at radius 1 is 1.07 bits per heavy atom. The Morgan fingerprint density at radius 2 is 1.80 bits per heavy atom. The van der Waals surface area contributed by atoms with Gasteiger partial charge in [-0.05, 0) is 66.3 Å². The van der Waals surface area contributed by atoms with Gasteiger partial charge in [-0.1, -0.05) is 63.2 Å². The number of rotatable bonds is 7. The predicted molar refractivity (Wildman–Crippen MR) is 123 cm³/mol. The van der Waals surface area contributed by atoms with Crippen LogP contribution in [0.15, 0.2) is 54.6 Å². The number of fused-ring (bicyclic) bond motifs is 2. The second kappa shape index (κ2) is 8.01. The number of likely N-dealkylation sites (N-methyl/N-ethyl adjacent to an activating group) is 1. The molecule has 0 heterocycles. The molecule has 5 atom stereocenters. The van der Waals surface area contributed by atoms with Crippen LogP contribution in [0, 0.1) is 29.1 Å². The lowest BCUT2D eigenvalue weighted by Crippen LogP contribution is -2.67. The zero-order valence-electron chi connectivity index (χ0n) is 19.1. The van der Waals surface area contributed by atoms with Crippen LogP contribution < -0.4 is 4.74 Å². The maximum atomic E-state index is 12.3. The molecule has 2 aromatic carbocycles. The summed E-state index contributed by atoms with van der Waals surface area (Å²) in [6.07, 6.45) is 2.27. The highest BCUT2D eigenvalue weighted by molar-refractivity contribution is 5.36. The van der Waals surface area contributed by atoms with E-state index in [4.69, 9.17) is 4.74 Å². The molecule has 3 heteroatoms. The monoisotopic (exact) mass is 407 g/mol. The lowest BCUT2D eigenvalue weighted by Gasteiger charge is -2.68.